The van der Waals surface area contributed by atoms with E-state index in [-0.39, 0.29) is 43.0 Å². The molecule has 2 aromatic rings. The summed E-state index contributed by atoms with van der Waals surface area (Å²) in [5, 5.41) is 0. The topological polar surface area (TPSA) is 27.7 Å². The van der Waals surface area contributed by atoms with Gasteiger partial charge >= 0.3 is 0 Å². The van der Waals surface area contributed by atoms with Crippen LogP contribution in [0.5, 0.6) is 0 Å². The van der Waals surface area contributed by atoms with Gasteiger partial charge in [-0.1, -0.05) is 50.2 Å². The second-order valence-corrected chi connectivity index (χ2v) is 8.71. The maximum absolute atomic E-state index is 14.0. The van der Waals surface area contributed by atoms with Crippen molar-refractivity contribution in [2.75, 3.05) is 0 Å². The molecule has 2 aromatic carbocycles. The first-order valence-corrected chi connectivity index (χ1v) is 10.2. The maximum atomic E-state index is 14.0. The molecule has 2 heterocycles. The van der Waals surface area contributed by atoms with Gasteiger partial charge in [-0.15, -0.1) is 0 Å². The van der Waals surface area contributed by atoms with E-state index in [1.807, 2.05) is 19.1 Å². The summed E-state index contributed by atoms with van der Waals surface area (Å²) in [6.07, 6.45) is 1.07. The van der Waals surface area contributed by atoms with Crippen LogP contribution >= 0.6 is 0 Å². The van der Waals surface area contributed by atoms with Gasteiger partial charge in [0.05, 0.1) is 31.0 Å². The van der Waals surface area contributed by atoms with Crippen LogP contribution in [0.15, 0.2) is 48.5 Å². The van der Waals surface area contributed by atoms with Crippen molar-refractivity contribution >= 4 is 0 Å². The minimum atomic E-state index is -0.505. The quantitative estimate of drug-likeness (QED) is 0.620. The van der Waals surface area contributed by atoms with Crippen molar-refractivity contribution in [1.29, 1.82) is 0 Å². The first-order chi connectivity index (χ1) is 13.8. The molecule has 4 rings (SSSR count). The van der Waals surface area contributed by atoms with Crippen LogP contribution in [-0.4, -0.2) is 23.4 Å². The third kappa shape index (κ3) is 3.72. The predicted octanol–water partition coefficient (Wildman–Crippen LogP) is 5.41. The van der Waals surface area contributed by atoms with Crippen molar-refractivity contribution in [3.63, 3.8) is 0 Å². The Labute approximate surface area is 171 Å². The minimum absolute atomic E-state index is 0.139. The lowest BCUT2D eigenvalue weighted by atomic mass is 9.73. The molecule has 0 N–H and O–H groups in total. The number of benzene rings is 2. The van der Waals surface area contributed by atoms with Gasteiger partial charge in [-0.2, -0.15) is 0 Å². The van der Waals surface area contributed by atoms with E-state index in [0.29, 0.717) is 24.0 Å². The molecule has 4 atom stereocenters. The van der Waals surface area contributed by atoms with Crippen LogP contribution in [0, 0.1) is 17.6 Å². The maximum Gasteiger partial charge on any atom is 0.128 e. The van der Waals surface area contributed by atoms with Gasteiger partial charge in [0, 0.05) is 24.0 Å². The molecule has 2 aliphatic rings. The molecular weight excluding hydrogens is 374 g/mol. The average Bonchev–Trinajstić information content (AvgIpc) is 3.16. The van der Waals surface area contributed by atoms with E-state index in [4.69, 9.17) is 14.2 Å². The largest absolute Gasteiger partial charge is 0.370 e. The fourth-order valence-electron chi connectivity index (χ4n) is 4.73. The highest BCUT2D eigenvalue weighted by Crippen LogP contribution is 2.56. The fraction of sp³-hybridized carbons (Fsp3) is 0.500. The third-order valence-corrected chi connectivity index (χ3v) is 6.52. The standard InChI is InChI=1S/C24H28F2O3/c1-16(2)24-13-21(27-14-17-8-4-6-10-19(17)25)23(3,29-24)12-22(24)28-15-18-9-5-7-11-20(18)26/h4-11,16,21-22H,12-15H2,1-3H3/t21-,22+,23+,24-/m1/s1. The lowest BCUT2D eigenvalue weighted by Crippen LogP contribution is -2.48. The van der Waals surface area contributed by atoms with E-state index in [1.54, 1.807) is 24.3 Å². The molecule has 156 valence electrons. The molecule has 0 aliphatic carbocycles. The molecule has 3 nitrogen and oxygen atoms in total. The molecule has 0 aromatic heterocycles. The lowest BCUT2D eigenvalue weighted by molar-refractivity contribution is -0.121. The van der Waals surface area contributed by atoms with Gasteiger partial charge in [0.25, 0.3) is 0 Å². The summed E-state index contributed by atoms with van der Waals surface area (Å²) < 4.78 is 46.8. The van der Waals surface area contributed by atoms with Crippen LogP contribution in [0.1, 0.15) is 44.7 Å². The first-order valence-electron chi connectivity index (χ1n) is 10.2. The van der Waals surface area contributed by atoms with Gasteiger partial charge in [-0.05, 0) is 25.0 Å². The normalized spacial score (nSPS) is 31.0. The van der Waals surface area contributed by atoms with Crippen LogP contribution in [0.2, 0.25) is 0 Å². The van der Waals surface area contributed by atoms with Gasteiger partial charge in [0.2, 0.25) is 0 Å². The molecule has 2 bridgehead atoms. The Morgan fingerprint density at radius 3 is 1.93 bits per heavy atom. The fourth-order valence-corrected chi connectivity index (χ4v) is 4.73. The molecule has 29 heavy (non-hydrogen) atoms. The summed E-state index contributed by atoms with van der Waals surface area (Å²) in [5.74, 6) is -0.309. The SMILES string of the molecule is CC(C)[C@]12C[C@@H](OCc3ccccc3F)[C@](C)(C[C@@H]1OCc1ccccc1F)O2. The summed E-state index contributed by atoms with van der Waals surface area (Å²) in [7, 11) is 0. The van der Waals surface area contributed by atoms with Gasteiger partial charge in [-0.25, -0.2) is 8.78 Å². The van der Waals surface area contributed by atoms with E-state index < -0.39 is 11.2 Å². The highest BCUT2D eigenvalue weighted by Gasteiger charge is 2.66. The van der Waals surface area contributed by atoms with Crippen molar-refractivity contribution in [3.05, 3.63) is 71.3 Å². The Hall–Kier alpha value is -1.82. The van der Waals surface area contributed by atoms with Gasteiger partial charge in [0.15, 0.2) is 0 Å². The average molecular weight is 402 g/mol. The minimum Gasteiger partial charge on any atom is -0.370 e. The summed E-state index contributed by atoms with van der Waals surface area (Å²) in [6, 6.07) is 13.3. The molecule has 0 radical (unpaired) electrons. The van der Waals surface area contributed by atoms with Gasteiger partial charge < -0.3 is 14.2 Å². The smallest absolute Gasteiger partial charge is 0.128 e. The zero-order valence-electron chi connectivity index (χ0n) is 17.2. The second-order valence-electron chi connectivity index (χ2n) is 8.71. The van der Waals surface area contributed by atoms with E-state index in [1.165, 1.54) is 12.1 Å². The number of hydrogen-bond donors (Lipinski definition) is 0. The molecule has 5 heteroatoms. The Morgan fingerprint density at radius 1 is 0.897 bits per heavy atom. The lowest BCUT2D eigenvalue weighted by Gasteiger charge is -2.38. The molecule has 0 amide bonds. The van der Waals surface area contributed by atoms with Crippen LogP contribution in [0.25, 0.3) is 0 Å². The van der Waals surface area contributed by atoms with Crippen LogP contribution in [-0.2, 0) is 27.4 Å². The van der Waals surface area contributed by atoms with E-state index in [9.17, 15) is 8.78 Å². The second kappa shape index (κ2) is 7.78. The molecular formula is C24H28F2O3. The van der Waals surface area contributed by atoms with Crippen LogP contribution in [0.4, 0.5) is 8.78 Å². The van der Waals surface area contributed by atoms with Crippen LogP contribution in [0.3, 0.4) is 0 Å². The highest BCUT2D eigenvalue weighted by molar-refractivity contribution is 5.19. The van der Waals surface area contributed by atoms with Crippen LogP contribution < -0.4 is 0 Å². The zero-order chi connectivity index (χ0) is 20.6. The first kappa shape index (κ1) is 20.5. The van der Waals surface area contributed by atoms with E-state index in [0.717, 1.165) is 0 Å². The van der Waals surface area contributed by atoms with E-state index >= 15 is 0 Å². The summed E-state index contributed by atoms with van der Waals surface area (Å²) in [4.78, 5) is 0. The molecule has 0 spiro atoms. The third-order valence-electron chi connectivity index (χ3n) is 6.52. The van der Waals surface area contributed by atoms with Crippen molar-refractivity contribution < 1.29 is 23.0 Å². The molecule has 0 saturated carbocycles. The Kier molecular flexibility index (Phi) is 5.49. The Morgan fingerprint density at radius 2 is 1.41 bits per heavy atom. The summed E-state index contributed by atoms with van der Waals surface area (Å²) in [5.41, 5.74) is 0.103. The van der Waals surface area contributed by atoms with Crippen molar-refractivity contribution in [2.45, 2.75) is 70.2 Å². The number of halogens is 2. The zero-order valence-corrected chi connectivity index (χ0v) is 17.2. The highest BCUT2D eigenvalue weighted by atomic mass is 19.1. The van der Waals surface area contributed by atoms with Gasteiger partial charge in [-0.3, -0.25) is 0 Å². The predicted molar refractivity (Wildman–Crippen MR) is 106 cm³/mol. The molecule has 2 fully saturated rings. The van der Waals surface area contributed by atoms with Crippen molar-refractivity contribution in [3.8, 4) is 0 Å². The van der Waals surface area contributed by atoms with Crippen molar-refractivity contribution in [2.24, 2.45) is 5.92 Å². The monoisotopic (exact) mass is 402 g/mol. The molecule has 2 aliphatic heterocycles. The summed E-state index contributed by atoms with van der Waals surface area (Å²) >= 11 is 0. The van der Waals surface area contributed by atoms with Gasteiger partial charge in [0.1, 0.15) is 17.2 Å². The number of fused-ring (bicyclic) bond motifs is 2. The van der Waals surface area contributed by atoms with E-state index in [2.05, 4.69) is 13.8 Å². The Bertz CT molecular complexity index is 871. The van der Waals surface area contributed by atoms with Crippen molar-refractivity contribution in [1.82, 2.24) is 0 Å². The number of hydrogen-bond acceptors (Lipinski definition) is 3. The number of rotatable bonds is 7. The molecule has 2 saturated heterocycles. The summed E-state index contributed by atoms with van der Waals surface area (Å²) in [6.45, 7) is 6.70. The Balaban J connectivity index is 1.46. The number of ether oxygens (including phenoxy) is 3. The molecule has 0 unspecified atom stereocenters.